The van der Waals surface area contributed by atoms with Crippen molar-refractivity contribution in [2.24, 2.45) is 0 Å². The van der Waals surface area contributed by atoms with Crippen LogP contribution in [0.2, 0.25) is 0 Å². The molecule has 52 heavy (non-hydrogen) atoms. The first kappa shape index (κ1) is 31.5. The van der Waals surface area contributed by atoms with E-state index in [0.717, 1.165) is 73.0 Å². The molecule has 0 radical (unpaired) electrons. The van der Waals surface area contributed by atoms with Crippen LogP contribution in [0.5, 0.6) is 23.0 Å². The lowest BCUT2D eigenvalue weighted by Crippen LogP contribution is -2.35. The van der Waals surface area contributed by atoms with Crippen LogP contribution in [0.1, 0.15) is 39.1 Å². The number of nitrogens with zero attached hydrogens (tertiary/aromatic N) is 2. The third-order valence-electron chi connectivity index (χ3n) is 10.2. The molecule has 250 valence electrons. The normalized spacial score (nSPS) is 12.8. The second-order valence-corrected chi connectivity index (χ2v) is 13.6. The van der Waals surface area contributed by atoms with Gasteiger partial charge in [0.15, 0.2) is 0 Å². The number of aromatic nitrogens is 2. The highest BCUT2D eigenvalue weighted by Crippen LogP contribution is 2.55. The lowest BCUT2D eigenvalue weighted by atomic mass is 9.65. The Morgan fingerprint density at radius 3 is 1.94 bits per heavy atom. The first-order valence-corrected chi connectivity index (χ1v) is 17.6. The monoisotopic (exact) mass is 672 g/mol. The third kappa shape index (κ3) is 5.32. The van der Waals surface area contributed by atoms with Gasteiger partial charge in [0, 0.05) is 34.5 Å². The summed E-state index contributed by atoms with van der Waals surface area (Å²) in [6, 6.07) is 52.5. The van der Waals surface area contributed by atoms with Crippen LogP contribution in [0.3, 0.4) is 0 Å². The van der Waals surface area contributed by atoms with E-state index in [2.05, 4.69) is 124 Å². The Morgan fingerprint density at radius 2 is 1.21 bits per heavy atom. The van der Waals surface area contributed by atoms with Gasteiger partial charge in [-0.25, -0.2) is 0 Å². The lowest BCUT2D eigenvalue weighted by molar-refractivity contribution is 0.431. The molecule has 0 saturated carbocycles. The summed E-state index contributed by atoms with van der Waals surface area (Å²) < 4.78 is 13.4. The van der Waals surface area contributed by atoms with Gasteiger partial charge in [-0.3, -0.25) is 9.97 Å². The van der Waals surface area contributed by atoms with Crippen LogP contribution in [0, 0.1) is 20.8 Å². The van der Waals surface area contributed by atoms with Crippen molar-refractivity contribution in [2.45, 2.75) is 26.2 Å². The van der Waals surface area contributed by atoms with E-state index in [0.29, 0.717) is 0 Å². The molecule has 0 N–H and O–H groups in total. The summed E-state index contributed by atoms with van der Waals surface area (Å²) in [5.74, 6) is 3.07. The fourth-order valence-electron chi connectivity index (χ4n) is 8.07. The number of aryl methyl sites for hydroxylation is 3. The summed E-state index contributed by atoms with van der Waals surface area (Å²) >= 11 is 0. The smallest absolute Gasteiger partial charge is 0.132 e. The number of hydrogen-bond donors (Lipinski definition) is 0. The van der Waals surface area contributed by atoms with E-state index in [9.17, 15) is 0 Å². The Hall–Kier alpha value is -6.52. The Bertz CT molecular complexity index is 2560. The van der Waals surface area contributed by atoms with Crippen LogP contribution in [0.4, 0.5) is 0 Å². The summed E-state index contributed by atoms with van der Waals surface area (Å²) in [6.07, 6.45) is 3.81. The van der Waals surface area contributed by atoms with Gasteiger partial charge in [-0.15, -0.1) is 0 Å². The molecule has 0 amide bonds. The number of ether oxygens (including phenoxy) is 2. The summed E-state index contributed by atoms with van der Waals surface area (Å²) in [5, 5.41) is 2.26. The second-order valence-electron chi connectivity index (χ2n) is 13.6. The van der Waals surface area contributed by atoms with Gasteiger partial charge < -0.3 is 9.47 Å². The second kappa shape index (κ2) is 12.7. The molecule has 8 aromatic rings. The average Bonchev–Trinajstić information content (AvgIpc) is 3.17. The topological polar surface area (TPSA) is 44.2 Å². The minimum absolute atomic E-state index is 0.723. The highest BCUT2D eigenvalue weighted by Gasteiger charge is 2.46. The van der Waals surface area contributed by atoms with E-state index < -0.39 is 5.41 Å². The van der Waals surface area contributed by atoms with Crippen molar-refractivity contribution >= 4 is 10.8 Å². The molecule has 0 spiro atoms. The van der Waals surface area contributed by atoms with E-state index in [1.807, 2.05) is 60.9 Å². The average molecular weight is 673 g/mol. The molecule has 0 unspecified atom stereocenters. The molecule has 6 aromatic carbocycles. The van der Waals surface area contributed by atoms with Crippen molar-refractivity contribution in [1.82, 2.24) is 9.97 Å². The van der Waals surface area contributed by atoms with Crippen LogP contribution < -0.4 is 9.47 Å². The molecule has 0 fully saturated rings. The fraction of sp³-hybridized carbons (Fsp3) is 0.0833. The Labute approximate surface area is 304 Å². The van der Waals surface area contributed by atoms with Crippen LogP contribution in [-0.2, 0) is 5.41 Å². The van der Waals surface area contributed by atoms with Crippen molar-refractivity contribution in [3.63, 3.8) is 0 Å². The molecular weight excluding hydrogens is 637 g/mol. The molecule has 0 atom stereocenters. The van der Waals surface area contributed by atoms with Gasteiger partial charge in [-0.2, -0.15) is 0 Å². The van der Waals surface area contributed by atoms with Crippen molar-refractivity contribution in [3.8, 4) is 45.4 Å². The molecular formula is C48H36N2O2. The van der Waals surface area contributed by atoms with Gasteiger partial charge in [0.05, 0.1) is 16.8 Å². The van der Waals surface area contributed by atoms with Crippen molar-refractivity contribution < 1.29 is 9.47 Å². The third-order valence-corrected chi connectivity index (χ3v) is 10.2. The molecule has 1 aliphatic heterocycles. The van der Waals surface area contributed by atoms with Crippen LogP contribution in [-0.4, -0.2) is 9.97 Å². The van der Waals surface area contributed by atoms with Crippen molar-refractivity contribution in [1.29, 1.82) is 0 Å². The standard InChI is InChI=1S/C48H36N2O2/c1-31-23-32(2)47(33(3)24-31)37-25-36(43-28-34-13-4-5-14-35(34)30-50-43)26-40(27-37)51-39-16-12-15-38(29-39)48(46-21-10-11-22-49-46)41-17-6-8-19-44(41)52-45-20-9-7-18-42(45)48/h4-30H,1-3H3. The molecule has 2 aromatic heterocycles. The molecule has 3 heterocycles. The predicted molar refractivity (Wildman–Crippen MR) is 210 cm³/mol. The fourth-order valence-corrected chi connectivity index (χ4v) is 8.07. The maximum Gasteiger partial charge on any atom is 0.132 e. The maximum absolute atomic E-state index is 6.90. The Balaban J connectivity index is 1.22. The van der Waals surface area contributed by atoms with E-state index in [1.165, 1.54) is 22.3 Å². The molecule has 0 saturated heterocycles. The van der Waals surface area contributed by atoms with Gasteiger partial charge in [0.25, 0.3) is 0 Å². The molecule has 0 bridgehead atoms. The SMILES string of the molecule is Cc1cc(C)c(-c2cc(Oc3cccc(C4(c5ccccn5)c5ccccc5Oc5ccccc54)c3)cc(-c3cc4ccccc4cn3)c2)c(C)c1. The zero-order chi connectivity index (χ0) is 35.2. The lowest BCUT2D eigenvalue weighted by Gasteiger charge is -2.40. The van der Waals surface area contributed by atoms with Crippen LogP contribution in [0.15, 0.2) is 164 Å². The molecule has 4 heteroatoms. The molecule has 4 nitrogen and oxygen atoms in total. The number of fused-ring (bicyclic) bond motifs is 3. The number of hydrogen-bond acceptors (Lipinski definition) is 4. The van der Waals surface area contributed by atoms with Crippen molar-refractivity contribution in [2.75, 3.05) is 0 Å². The van der Waals surface area contributed by atoms with E-state index in [4.69, 9.17) is 19.4 Å². The molecule has 9 rings (SSSR count). The zero-order valence-electron chi connectivity index (χ0n) is 29.3. The van der Waals surface area contributed by atoms with Crippen LogP contribution in [0.25, 0.3) is 33.2 Å². The summed E-state index contributed by atoms with van der Waals surface area (Å²) in [7, 11) is 0. The first-order chi connectivity index (χ1) is 25.5. The van der Waals surface area contributed by atoms with Gasteiger partial charge >= 0.3 is 0 Å². The van der Waals surface area contributed by atoms with Crippen molar-refractivity contribution in [3.05, 3.63) is 203 Å². The quantitative estimate of drug-likeness (QED) is 0.176. The Morgan fingerprint density at radius 1 is 0.538 bits per heavy atom. The van der Waals surface area contributed by atoms with E-state index >= 15 is 0 Å². The number of pyridine rings is 2. The largest absolute Gasteiger partial charge is 0.457 e. The molecule has 1 aliphatic rings. The summed E-state index contributed by atoms with van der Waals surface area (Å²) in [6.45, 7) is 6.51. The predicted octanol–water partition coefficient (Wildman–Crippen LogP) is 12.2. The maximum atomic E-state index is 6.90. The highest BCUT2D eigenvalue weighted by molar-refractivity contribution is 5.86. The number of benzene rings is 6. The van der Waals surface area contributed by atoms with Gasteiger partial charge in [-0.1, -0.05) is 96.6 Å². The van der Waals surface area contributed by atoms with Gasteiger partial charge in [-0.05, 0) is 115 Å². The number of para-hydroxylation sites is 2. The van der Waals surface area contributed by atoms with Crippen LogP contribution >= 0.6 is 0 Å². The van der Waals surface area contributed by atoms with Gasteiger partial charge in [0.2, 0.25) is 0 Å². The Kier molecular flexibility index (Phi) is 7.66. The summed E-state index contributed by atoms with van der Waals surface area (Å²) in [5.41, 5.74) is 11.1. The molecule has 0 aliphatic carbocycles. The minimum atomic E-state index is -0.746. The van der Waals surface area contributed by atoms with Gasteiger partial charge in [0.1, 0.15) is 23.0 Å². The highest BCUT2D eigenvalue weighted by atomic mass is 16.5. The van der Waals surface area contributed by atoms with E-state index in [-0.39, 0.29) is 0 Å². The summed E-state index contributed by atoms with van der Waals surface area (Å²) in [4.78, 5) is 9.90. The minimum Gasteiger partial charge on any atom is -0.457 e. The first-order valence-electron chi connectivity index (χ1n) is 17.6. The van der Waals surface area contributed by atoms with E-state index in [1.54, 1.807) is 0 Å². The zero-order valence-corrected chi connectivity index (χ0v) is 29.3. The number of rotatable bonds is 6.